The number of hydrogen-bond donors (Lipinski definition) is 0. The Morgan fingerprint density at radius 2 is 1.69 bits per heavy atom. The van der Waals surface area contributed by atoms with E-state index >= 15 is 0 Å². The summed E-state index contributed by atoms with van der Waals surface area (Å²) in [5.74, 6) is 1.30. The summed E-state index contributed by atoms with van der Waals surface area (Å²) in [7, 11) is 0. The third-order valence-corrected chi connectivity index (χ3v) is 5.12. The second-order valence-electron chi connectivity index (χ2n) is 5.87. The first-order valence-corrected chi connectivity index (χ1v) is 7.05. The maximum absolute atomic E-state index is 9.22. The first-order valence-electron chi connectivity index (χ1n) is 7.05. The number of nitrogens with zero attached hydrogens (tertiary/aromatic N) is 2. The van der Waals surface area contributed by atoms with Crippen molar-refractivity contribution in [1.82, 2.24) is 4.90 Å². The lowest BCUT2D eigenvalue weighted by molar-refractivity contribution is 0.120. The van der Waals surface area contributed by atoms with Crippen molar-refractivity contribution in [2.24, 2.45) is 11.8 Å². The molecular formula is C14H22N2. The normalized spacial score (nSPS) is 44.2. The van der Waals surface area contributed by atoms with Gasteiger partial charge in [-0.05, 0) is 44.6 Å². The van der Waals surface area contributed by atoms with Crippen LogP contribution in [0, 0.1) is 23.2 Å². The molecule has 2 heteroatoms. The Labute approximate surface area is 98.6 Å². The minimum atomic E-state index is 0.334. The zero-order valence-corrected chi connectivity index (χ0v) is 10.1. The van der Waals surface area contributed by atoms with Crippen LogP contribution in [0.15, 0.2) is 0 Å². The van der Waals surface area contributed by atoms with Gasteiger partial charge in [-0.1, -0.05) is 19.3 Å². The Balaban J connectivity index is 1.73. The predicted octanol–water partition coefficient (Wildman–Crippen LogP) is 2.94. The van der Waals surface area contributed by atoms with Gasteiger partial charge in [0.2, 0.25) is 0 Å². The molecule has 0 aromatic carbocycles. The summed E-state index contributed by atoms with van der Waals surface area (Å²) in [6.07, 6.45) is 10.8. The van der Waals surface area contributed by atoms with Crippen LogP contribution in [-0.2, 0) is 0 Å². The molecule has 1 heterocycles. The minimum Gasteiger partial charge on any atom is -0.296 e. The smallest absolute Gasteiger partial charge is 0.0672 e. The summed E-state index contributed by atoms with van der Waals surface area (Å²) in [4.78, 5) is 2.73. The van der Waals surface area contributed by atoms with Gasteiger partial charge in [0.15, 0.2) is 0 Å². The van der Waals surface area contributed by atoms with E-state index in [-0.39, 0.29) is 0 Å². The van der Waals surface area contributed by atoms with E-state index in [2.05, 4.69) is 11.0 Å². The first kappa shape index (κ1) is 10.6. The Morgan fingerprint density at radius 3 is 2.56 bits per heavy atom. The molecule has 2 aliphatic carbocycles. The SMILES string of the molecule is N#CC1CCCC1N1CCC2CCCCC21. The molecule has 2 nitrogen and oxygen atoms in total. The number of nitriles is 1. The van der Waals surface area contributed by atoms with E-state index in [4.69, 9.17) is 0 Å². The average Bonchev–Trinajstić information content (AvgIpc) is 2.94. The monoisotopic (exact) mass is 218 g/mol. The van der Waals surface area contributed by atoms with E-state index in [0.717, 1.165) is 18.4 Å². The van der Waals surface area contributed by atoms with Gasteiger partial charge in [0.1, 0.15) is 0 Å². The largest absolute Gasteiger partial charge is 0.296 e. The van der Waals surface area contributed by atoms with Crippen molar-refractivity contribution in [1.29, 1.82) is 5.26 Å². The van der Waals surface area contributed by atoms with Crippen LogP contribution in [0.1, 0.15) is 51.4 Å². The maximum atomic E-state index is 9.22. The number of rotatable bonds is 1. The van der Waals surface area contributed by atoms with Crippen LogP contribution in [0.5, 0.6) is 0 Å². The van der Waals surface area contributed by atoms with Crippen LogP contribution in [0.2, 0.25) is 0 Å². The zero-order valence-electron chi connectivity index (χ0n) is 10.1. The highest BCUT2D eigenvalue weighted by molar-refractivity contribution is 5.02. The molecule has 0 bridgehead atoms. The molecule has 0 aromatic rings. The Kier molecular flexibility index (Phi) is 2.90. The van der Waals surface area contributed by atoms with Gasteiger partial charge in [0.05, 0.1) is 12.0 Å². The molecule has 1 aliphatic heterocycles. The lowest BCUT2D eigenvalue weighted by atomic mass is 9.84. The molecule has 0 spiro atoms. The van der Waals surface area contributed by atoms with Crippen molar-refractivity contribution in [2.45, 2.75) is 63.5 Å². The van der Waals surface area contributed by atoms with Gasteiger partial charge in [-0.25, -0.2) is 0 Å². The second-order valence-corrected chi connectivity index (χ2v) is 5.87. The fourth-order valence-corrected chi connectivity index (χ4v) is 4.34. The number of hydrogen-bond acceptors (Lipinski definition) is 2. The molecule has 2 saturated carbocycles. The molecule has 0 amide bonds. The highest BCUT2D eigenvalue weighted by Crippen LogP contribution is 2.41. The highest BCUT2D eigenvalue weighted by atomic mass is 15.2. The molecule has 4 atom stereocenters. The highest BCUT2D eigenvalue weighted by Gasteiger charge is 2.42. The Bertz CT molecular complexity index is 294. The van der Waals surface area contributed by atoms with Gasteiger partial charge >= 0.3 is 0 Å². The fourth-order valence-electron chi connectivity index (χ4n) is 4.34. The van der Waals surface area contributed by atoms with E-state index in [1.54, 1.807) is 0 Å². The quantitative estimate of drug-likeness (QED) is 0.676. The van der Waals surface area contributed by atoms with Crippen molar-refractivity contribution in [3.8, 4) is 6.07 Å². The van der Waals surface area contributed by atoms with Gasteiger partial charge in [-0.3, -0.25) is 4.90 Å². The molecule has 88 valence electrons. The molecule has 3 fully saturated rings. The van der Waals surface area contributed by atoms with Crippen LogP contribution in [0.25, 0.3) is 0 Å². The van der Waals surface area contributed by atoms with E-state index in [9.17, 15) is 5.26 Å². The molecule has 16 heavy (non-hydrogen) atoms. The molecular weight excluding hydrogens is 196 g/mol. The van der Waals surface area contributed by atoms with E-state index in [1.165, 1.54) is 51.5 Å². The molecule has 0 N–H and O–H groups in total. The summed E-state index contributed by atoms with van der Waals surface area (Å²) >= 11 is 0. The minimum absolute atomic E-state index is 0.334. The average molecular weight is 218 g/mol. The fraction of sp³-hybridized carbons (Fsp3) is 0.929. The van der Waals surface area contributed by atoms with Crippen LogP contribution >= 0.6 is 0 Å². The van der Waals surface area contributed by atoms with Crippen LogP contribution in [0.4, 0.5) is 0 Å². The van der Waals surface area contributed by atoms with Crippen molar-refractivity contribution in [3.63, 3.8) is 0 Å². The molecule has 4 unspecified atom stereocenters. The molecule has 3 rings (SSSR count). The van der Waals surface area contributed by atoms with E-state index in [1.807, 2.05) is 0 Å². The van der Waals surface area contributed by atoms with Crippen molar-refractivity contribution < 1.29 is 0 Å². The van der Waals surface area contributed by atoms with Crippen molar-refractivity contribution in [3.05, 3.63) is 0 Å². The van der Waals surface area contributed by atoms with Crippen molar-refractivity contribution >= 4 is 0 Å². The number of likely N-dealkylation sites (tertiary alicyclic amines) is 1. The Morgan fingerprint density at radius 1 is 0.875 bits per heavy atom. The van der Waals surface area contributed by atoms with Gasteiger partial charge in [0, 0.05) is 12.1 Å². The topological polar surface area (TPSA) is 27.0 Å². The van der Waals surface area contributed by atoms with Gasteiger partial charge in [-0.15, -0.1) is 0 Å². The third kappa shape index (κ3) is 1.66. The molecule has 1 saturated heterocycles. The predicted molar refractivity (Wildman–Crippen MR) is 63.8 cm³/mol. The van der Waals surface area contributed by atoms with Gasteiger partial charge < -0.3 is 0 Å². The maximum Gasteiger partial charge on any atom is 0.0672 e. The van der Waals surface area contributed by atoms with Gasteiger partial charge in [0.25, 0.3) is 0 Å². The summed E-state index contributed by atoms with van der Waals surface area (Å²) in [5.41, 5.74) is 0. The summed E-state index contributed by atoms with van der Waals surface area (Å²) in [6, 6.07) is 3.99. The van der Waals surface area contributed by atoms with Crippen LogP contribution in [-0.4, -0.2) is 23.5 Å². The standard InChI is InChI=1S/C14H22N2/c15-10-12-5-3-7-14(12)16-9-8-11-4-1-2-6-13(11)16/h11-14H,1-9H2. The molecule has 0 radical (unpaired) electrons. The third-order valence-electron chi connectivity index (χ3n) is 5.12. The summed E-state index contributed by atoms with van der Waals surface area (Å²) < 4.78 is 0. The van der Waals surface area contributed by atoms with E-state index in [0.29, 0.717) is 12.0 Å². The Hall–Kier alpha value is -0.550. The van der Waals surface area contributed by atoms with Crippen LogP contribution in [0.3, 0.4) is 0 Å². The van der Waals surface area contributed by atoms with E-state index < -0.39 is 0 Å². The zero-order chi connectivity index (χ0) is 11.0. The summed E-state index contributed by atoms with van der Waals surface area (Å²) in [5, 5.41) is 9.22. The molecule has 3 aliphatic rings. The first-order chi connectivity index (χ1) is 7.90. The summed E-state index contributed by atoms with van der Waals surface area (Å²) in [6.45, 7) is 1.28. The molecule has 0 aromatic heterocycles. The second kappa shape index (κ2) is 4.37. The lowest BCUT2D eigenvalue weighted by Crippen LogP contribution is -2.43. The number of fused-ring (bicyclic) bond motifs is 1. The van der Waals surface area contributed by atoms with Gasteiger partial charge in [-0.2, -0.15) is 5.26 Å². The lowest BCUT2D eigenvalue weighted by Gasteiger charge is -2.36. The van der Waals surface area contributed by atoms with Crippen LogP contribution < -0.4 is 0 Å². The van der Waals surface area contributed by atoms with Crippen molar-refractivity contribution in [2.75, 3.05) is 6.54 Å².